The second kappa shape index (κ2) is 11.6. The fourth-order valence-electron chi connectivity index (χ4n) is 2.52. The molecule has 1 heterocycles. The van der Waals surface area contributed by atoms with Crippen LogP contribution in [-0.4, -0.2) is 82.8 Å². The highest BCUT2D eigenvalue weighted by molar-refractivity contribution is 14.0. The molecule has 0 spiro atoms. The Hall–Kier alpha value is -0.130. The molecule has 0 saturated carbocycles. The van der Waals surface area contributed by atoms with E-state index in [2.05, 4.69) is 20.5 Å². The van der Waals surface area contributed by atoms with Gasteiger partial charge in [-0.25, -0.2) is 8.42 Å². The minimum atomic E-state index is -3.11. The molecule has 1 fully saturated rings. The first-order valence-corrected chi connectivity index (χ1v) is 10.3. The predicted octanol–water partition coefficient (Wildman–Crippen LogP) is 1.09. The van der Waals surface area contributed by atoms with Crippen molar-refractivity contribution in [2.24, 2.45) is 4.99 Å². The summed E-state index contributed by atoms with van der Waals surface area (Å²) in [6.45, 7) is 9.37. The largest absolute Gasteiger partial charge is 0.383 e. The van der Waals surface area contributed by atoms with Gasteiger partial charge in [-0.15, -0.1) is 24.0 Å². The van der Waals surface area contributed by atoms with E-state index >= 15 is 0 Å². The second-order valence-corrected chi connectivity index (χ2v) is 10.0. The van der Waals surface area contributed by atoms with Crippen molar-refractivity contribution in [1.82, 2.24) is 15.5 Å². The summed E-state index contributed by atoms with van der Waals surface area (Å²) < 4.78 is 28.6. The highest BCUT2D eigenvalue weighted by Gasteiger charge is 2.28. The van der Waals surface area contributed by atoms with Gasteiger partial charge in [-0.2, -0.15) is 0 Å². The Morgan fingerprint density at radius 3 is 2.36 bits per heavy atom. The van der Waals surface area contributed by atoms with E-state index in [0.29, 0.717) is 18.5 Å². The van der Waals surface area contributed by atoms with Crippen LogP contribution in [0, 0.1) is 0 Å². The predicted molar refractivity (Wildman–Crippen MR) is 115 cm³/mol. The fraction of sp³-hybridized carbons (Fsp3) is 0.938. The van der Waals surface area contributed by atoms with E-state index < -0.39 is 14.6 Å². The van der Waals surface area contributed by atoms with Gasteiger partial charge in [-0.3, -0.25) is 4.99 Å². The lowest BCUT2D eigenvalue weighted by Crippen LogP contribution is -2.50. The third-order valence-electron chi connectivity index (χ3n) is 4.36. The molecular formula is C16H35IN4O3S. The standard InChI is InChI=1S/C16H34N4O3S.HI/c1-16(2,3)24(21,22)13-8-18-15(17-4)19-14-6-9-20(10-7-14)11-12-23-5;/h14H,6-13H2,1-5H3,(H2,17,18,19);1H. The van der Waals surface area contributed by atoms with Crippen LogP contribution in [0.15, 0.2) is 4.99 Å². The van der Waals surface area contributed by atoms with Crippen LogP contribution in [0.2, 0.25) is 0 Å². The van der Waals surface area contributed by atoms with E-state index in [4.69, 9.17) is 4.74 Å². The first-order valence-electron chi connectivity index (χ1n) is 8.60. The molecule has 2 N–H and O–H groups in total. The average molecular weight is 490 g/mol. The van der Waals surface area contributed by atoms with Gasteiger partial charge >= 0.3 is 0 Å². The topological polar surface area (TPSA) is 83.0 Å². The number of rotatable bonds is 7. The van der Waals surface area contributed by atoms with Crippen molar-refractivity contribution >= 4 is 39.8 Å². The number of sulfone groups is 1. The molecule has 0 unspecified atom stereocenters. The molecular weight excluding hydrogens is 455 g/mol. The molecule has 0 amide bonds. The maximum absolute atomic E-state index is 12.1. The zero-order valence-corrected chi connectivity index (χ0v) is 19.3. The van der Waals surface area contributed by atoms with Gasteiger partial charge in [0.2, 0.25) is 0 Å². The zero-order valence-electron chi connectivity index (χ0n) is 16.2. The number of halogens is 1. The average Bonchev–Trinajstić information content (AvgIpc) is 2.52. The van der Waals surface area contributed by atoms with E-state index in [0.717, 1.165) is 39.1 Å². The van der Waals surface area contributed by atoms with Gasteiger partial charge in [-0.1, -0.05) is 0 Å². The summed E-state index contributed by atoms with van der Waals surface area (Å²) in [5.74, 6) is 0.779. The monoisotopic (exact) mass is 490 g/mol. The van der Waals surface area contributed by atoms with Gasteiger partial charge in [0.1, 0.15) is 0 Å². The molecule has 150 valence electrons. The lowest BCUT2D eigenvalue weighted by molar-refractivity contribution is 0.128. The number of likely N-dealkylation sites (tertiary alicyclic amines) is 1. The Bertz CT molecular complexity index is 498. The number of piperidine rings is 1. The molecule has 0 aromatic rings. The molecule has 7 nitrogen and oxygen atoms in total. The Kier molecular flexibility index (Phi) is 11.5. The van der Waals surface area contributed by atoms with Crippen LogP contribution in [0.4, 0.5) is 0 Å². The molecule has 0 aliphatic carbocycles. The summed E-state index contributed by atoms with van der Waals surface area (Å²) in [6.07, 6.45) is 2.09. The summed E-state index contributed by atoms with van der Waals surface area (Å²) in [5, 5.41) is 6.51. The highest BCUT2D eigenvalue weighted by atomic mass is 127. The van der Waals surface area contributed by atoms with Crippen LogP contribution >= 0.6 is 24.0 Å². The fourth-order valence-corrected chi connectivity index (χ4v) is 3.50. The molecule has 0 radical (unpaired) electrons. The smallest absolute Gasteiger partial charge is 0.191 e. The summed E-state index contributed by atoms with van der Waals surface area (Å²) >= 11 is 0. The molecule has 25 heavy (non-hydrogen) atoms. The van der Waals surface area contributed by atoms with Gasteiger partial charge < -0.3 is 20.3 Å². The Morgan fingerprint density at radius 2 is 1.88 bits per heavy atom. The van der Waals surface area contributed by atoms with Gasteiger partial charge in [0.25, 0.3) is 0 Å². The number of guanidine groups is 1. The van der Waals surface area contributed by atoms with Crippen molar-refractivity contribution in [3.05, 3.63) is 0 Å². The molecule has 0 atom stereocenters. The van der Waals surface area contributed by atoms with Gasteiger partial charge in [-0.05, 0) is 33.6 Å². The lowest BCUT2D eigenvalue weighted by Gasteiger charge is -2.32. The van der Waals surface area contributed by atoms with E-state index in [1.807, 2.05) is 0 Å². The number of hydrogen-bond acceptors (Lipinski definition) is 5. The van der Waals surface area contributed by atoms with Crippen LogP contribution in [0.3, 0.4) is 0 Å². The van der Waals surface area contributed by atoms with Gasteiger partial charge in [0.05, 0.1) is 17.1 Å². The number of hydrogen-bond donors (Lipinski definition) is 2. The third kappa shape index (κ3) is 8.87. The van der Waals surface area contributed by atoms with Crippen LogP contribution in [0.1, 0.15) is 33.6 Å². The lowest BCUT2D eigenvalue weighted by atomic mass is 10.1. The number of ether oxygens (including phenoxy) is 1. The highest BCUT2D eigenvalue weighted by Crippen LogP contribution is 2.15. The minimum absolute atomic E-state index is 0. The van der Waals surface area contributed by atoms with E-state index in [1.54, 1.807) is 34.9 Å². The quantitative estimate of drug-likeness (QED) is 0.316. The number of aliphatic imine (C=N–C) groups is 1. The molecule has 0 aromatic heterocycles. The van der Waals surface area contributed by atoms with E-state index in [1.165, 1.54) is 0 Å². The number of nitrogens with one attached hydrogen (secondary N) is 2. The Morgan fingerprint density at radius 1 is 1.28 bits per heavy atom. The van der Waals surface area contributed by atoms with Crippen LogP contribution < -0.4 is 10.6 Å². The molecule has 1 aliphatic heterocycles. The van der Waals surface area contributed by atoms with Crippen molar-refractivity contribution in [3.8, 4) is 0 Å². The maximum Gasteiger partial charge on any atom is 0.191 e. The van der Waals surface area contributed by atoms with Gasteiger partial charge in [0, 0.05) is 46.4 Å². The zero-order chi connectivity index (χ0) is 18.2. The first kappa shape index (κ1) is 24.9. The molecule has 0 bridgehead atoms. The number of nitrogens with zero attached hydrogens (tertiary/aromatic N) is 2. The Labute approximate surface area is 170 Å². The SMILES string of the molecule is CN=C(NCCS(=O)(=O)C(C)(C)C)NC1CCN(CCOC)CC1.I. The maximum atomic E-state index is 12.1. The van der Waals surface area contributed by atoms with Crippen molar-refractivity contribution < 1.29 is 13.2 Å². The molecule has 1 rings (SSSR count). The third-order valence-corrected chi connectivity index (χ3v) is 6.97. The van der Waals surface area contributed by atoms with E-state index in [-0.39, 0.29) is 29.7 Å². The van der Waals surface area contributed by atoms with Crippen LogP contribution in [0.25, 0.3) is 0 Å². The molecule has 1 saturated heterocycles. The molecule has 0 aromatic carbocycles. The van der Waals surface area contributed by atoms with Crippen molar-refractivity contribution in [3.63, 3.8) is 0 Å². The normalized spacial score (nSPS) is 17.9. The van der Waals surface area contributed by atoms with E-state index in [9.17, 15) is 8.42 Å². The van der Waals surface area contributed by atoms with Crippen molar-refractivity contribution in [2.45, 2.75) is 44.4 Å². The van der Waals surface area contributed by atoms with Crippen molar-refractivity contribution in [1.29, 1.82) is 0 Å². The van der Waals surface area contributed by atoms with Crippen molar-refractivity contribution in [2.75, 3.05) is 52.7 Å². The minimum Gasteiger partial charge on any atom is -0.383 e. The summed E-state index contributed by atoms with van der Waals surface area (Å²) in [6, 6.07) is 0.370. The second-order valence-electron chi connectivity index (χ2n) is 7.18. The van der Waals surface area contributed by atoms with Crippen LogP contribution in [0.5, 0.6) is 0 Å². The molecule has 1 aliphatic rings. The number of methoxy groups -OCH3 is 1. The van der Waals surface area contributed by atoms with Crippen LogP contribution in [-0.2, 0) is 14.6 Å². The summed E-state index contributed by atoms with van der Waals surface area (Å²) in [4.78, 5) is 6.60. The first-order chi connectivity index (χ1) is 11.2. The summed E-state index contributed by atoms with van der Waals surface area (Å²) in [5.41, 5.74) is 0. The Balaban J connectivity index is 0.00000576. The molecule has 9 heteroatoms. The van der Waals surface area contributed by atoms with Gasteiger partial charge in [0.15, 0.2) is 15.8 Å². The summed E-state index contributed by atoms with van der Waals surface area (Å²) in [7, 11) is 0.321.